The van der Waals surface area contributed by atoms with Gasteiger partial charge in [-0.25, -0.2) is 9.97 Å². The third kappa shape index (κ3) is 2.06. The number of aromatic nitrogens is 2. The quantitative estimate of drug-likeness (QED) is 0.725. The molecule has 2 aromatic rings. The summed E-state index contributed by atoms with van der Waals surface area (Å²) in [5, 5.41) is 8.85. The molecule has 0 saturated heterocycles. The van der Waals surface area contributed by atoms with Gasteiger partial charge in [0.2, 0.25) is 0 Å². The molecule has 16 heavy (non-hydrogen) atoms. The monoisotopic (exact) mass is 209 g/mol. The lowest BCUT2D eigenvalue weighted by molar-refractivity contribution is 1.09. The van der Waals surface area contributed by atoms with Crippen molar-refractivity contribution in [3.8, 4) is 17.5 Å². The zero-order chi connectivity index (χ0) is 11.5. The van der Waals surface area contributed by atoms with Crippen molar-refractivity contribution in [1.82, 2.24) is 9.97 Å². The lowest BCUT2D eigenvalue weighted by Gasteiger charge is -2.02. The predicted octanol–water partition coefficient (Wildman–Crippen LogP) is 2.63. The van der Waals surface area contributed by atoms with Gasteiger partial charge in [0.15, 0.2) is 5.82 Å². The number of aryl methyl sites for hydroxylation is 2. The van der Waals surface area contributed by atoms with E-state index in [1.807, 2.05) is 44.2 Å². The van der Waals surface area contributed by atoms with Crippen LogP contribution in [-0.4, -0.2) is 9.97 Å². The van der Waals surface area contributed by atoms with E-state index in [1.54, 1.807) is 6.07 Å². The molecule has 1 aromatic carbocycles. The first-order valence-corrected chi connectivity index (χ1v) is 5.02. The summed E-state index contributed by atoms with van der Waals surface area (Å²) in [7, 11) is 0. The summed E-state index contributed by atoms with van der Waals surface area (Å²) in [6.45, 7) is 3.88. The van der Waals surface area contributed by atoms with Gasteiger partial charge < -0.3 is 0 Å². The zero-order valence-corrected chi connectivity index (χ0v) is 9.23. The van der Waals surface area contributed by atoms with Gasteiger partial charge in [-0.1, -0.05) is 23.8 Å². The van der Waals surface area contributed by atoms with Gasteiger partial charge in [0.05, 0.1) is 0 Å². The zero-order valence-electron chi connectivity index (χ0n) is 9.23. The van der Waals surface area contributed by atoms with Crippen LogP contribution in [0.1, 0.15) is 17.0 Å². The number of hydrogen-bond acceptors (Lipinski definition) is 3. The van der Waals surface area contributed by atoms with E-state index in [1.165, 1.54) is 0 Å². The second kappa shape index (κ2) is 4.11. The average Bonchev–Trinajstić information content (AvgIpc) is 2.28. The predicted molar refractivity (Wildman–Crippen MR) is 61.7 cm³/mol. The standard InChI is InChI=1S/C13H11N3/c1-9-4-3-5-11(6-9)13-15-10(2)7-12(8-14)16-13/h3-7H,1-2H3. The minimum atomic E-state index is 0.406. The van der Waals surface area contributed by atoms with E-state index in [0.717, 1.165) is 16.8 Å². The van der Waals surface area contributed by atoms with Gasteiger partial charge in [-0.15, -0.1) is 0 Å². The Morgan fingerprint density at radius 2 is 1.94 bits per heavy atom. The minimum absolute atomic E-state index is 0.406. The minimum Gasteiger partial charge on any atom is -0.233 e. The molecule has 0 spiro atoms. The van der Waals surface area contributed by atoms with E-state index in [0.29, 0.717) is 11.5 Å². The highest BCUT2D eigenvalue weighted by molar-refractivity contribution is 5.56. The number of nitriles is 1. The largest absolute Gasteiger partial charge is 0.233 e. The van der Waals surface area contributed by atoms with E-state index in [-0.39, 0.29) is 0 Å². The summed E-state index contributed by atoms with van der Waals surface area (Å²) in [4.78, 5) is 8.52. The second-order valence-electron chi connectivity index (χ2n) is 3.70. The van der Waals surface area contributed by atoms with E-state index in [2.05, 4.69) is 9.97 Å². The molecular weight excluding hydrogens is 198 g/mol. The number of hydrogen-bond donors (Lipinski definition) is 0. The molecule has 3 heteroatoms. The van der Waals surface area contributed by atoms with Gasteiger partial charge in [-0.3, -0.25) is 0 Å². The molecule has 1 aromatic heterocycles. The molecule has 1 heterocycles. The fraction of sp³-hybridized carbons (Fsp3) is 0.154. The number of benzene rings is 1. The third-order valence-electron chi connectivity index (χ3n) is 2.25. The Morgan fingerprint density at radius 1 is 1.12 bits per heavy atom. The van der Waals surface area contributed by atoms with Crippen LogP contribution >= 0.6 is 0 Å². The Hall–Kier alpha value is -2.21. The van der Waals surface area contributed by atoms with Gasteiger partial charge in [0.1, 0.15) is 11.8 Å². The maximum Gasteiger partial charge on any atom is 0.160 e. The Bertz CT molecular complexity index is 568. The average molecular weight is 209 g/mol. The summed E-state index contributed by atoms with van der Waals surface area (Å²) in [6, 6.07) is 11.7. The van der Waals surface area contributed by atoms with E-state index in [9.17, 15) is 0 Å². The highest BCUT2D eigenvalue weighted by Crippen LogP contribution is 2.16. The van der Waals surface area contributed by atoms with E-state index in [4.69, 9.17) is 5.26 Å². The molecule has 0 aliphatic carbocycles. The van der Waals surface area contributed by atoms with Crippen LogP contribution in [-0.2, 0) is 0 Å². The summed E-state index contributed by atoms with van der Waals surface area (Å²) in [6.07, 6.45) is 0. The van der Waals surface area contributed by atoms with Gasteiger partial charge in [-0.05, 0) is 26.0 Å². The van der Waals surface area contributed by atoms with Crippen LogP contribution < -0.4 is 0 Å². The van der Waals surface area contributed by atoms with Gasteiger partial charge in [-0.2, -0.15) is 5.26 Å². The molecule has 2 rings (SSSR count). The molecule has 0 N–H and O–H groups in total. The van der Waals surface area contributed by atoms with Crippen LogP contribution in [0.4, 0.5) is 0 Å². The Labute approximate surface area is 94.4 Å². The molecular formula is C13H11N3. The van der Waals surface area contributed by atoms with Crippen LogP contribution in [0.5, 0.6) is 0 Å². The maximum atomic E-state index is 8.85. The SMILES string of the molecule is Cc1cccc(-c2nc(C)cc(C#N)n2)c1. The van der Waals surface area contributed by atoms with Crippen molar-refractivity contribution in [3.63, 3.8) is 0 Å². The second-order valence-corrected chi connectivity index (χ2v) is 3.70. The van der Waals surface area contributed by atoms with Crippen molar-refractivity contribution in [1.29, 1.82) is 5.26 Å². The Balaban J connectivity index is 2.56. The van der Waals surface area contributed by atoms with Crippen molar-refractivity contribution < 1.29 is 0 Å². The normalized spacial score (nSPS) is 9.81. The molecule has 0 radical (unpaired) electrons. The molecule has 0 saturated carbocycles. The summed E-state index contributed by atoms with van der Waals surface area (Å²) in [5.74, 6) is 0.611. The molecule has 0 fully saturated rings. The van der Waals surface area contributed by atoms with Gasteiger partial charge in [0, 0.05) is 11.3 Å². The highest BCUT2D eigenvalue weighted by atomic mass is 14.9. The van der Waals surface area contributed by atoms with Crippen molar-refractivity contribution in [2.45, 2.75) is 13.8 Å². The molecule has 0 aliphatic heterocycles. The maximum absolute atomic E-state index is 8.85. The molecule has 0 bridgehead atoms. The molecule has 0 atom stereocenters. The Morgan fingerprint density at radius 3 is 2.62 bits per heavy atom. The van der Waals surface area contributed by atoms with Crippen molar-refractivity contribution in [2.24, 2.45) is 0 Å². The van der Waals surface area contributed by atoms with Crippen LogP contribution in [0, 0.1) is 25.2 Å². The van der Waals surface area contributed by atoms with Crippen LogP contribution in [0.15, 0.2) is 30.3 Å². The van der Waals surface area contributed by atoms with Crippen LogP contribution in [0.25, 0.3) is 11.4 Å². The molecule has 0 amide bonds. The molecule has 3 nitrogen and oxygen atoms in total. The fourth-order valence-corrected chi connectivity index (χ4v) is 1.54. The summed E-state index contributed by atoms with van der Waals surface area (Å²) < 4.78 is 0. The first-order chi connectivity index (χ1) is 7.69. The highest BCUT2D eigenvalue weighted by Gasteiger charge is 2.04. The third-order valence-corrected chi connectivity index (χ3v) is 2.25. The lowest BCUT2D eigenvalue weighted by atomic mass is 10.1. The van der Waals surface area contributed by atoms with E-state index < -0.39 is 0 Å². The molecule has 0 unspecified atom stereocenters. The summed E-state index contributed by atoms with van der Waals surface area (Å²) >= 11 is 0. The first kappa shape index (κ1) is 10.3. The van der Waals surface area contributed by atoms with Crippen LogP contribution in [0.2, 0.25) is 0 Å². The van der Waals surface area contributed by atoms with Gasteiger partial charge >= 0.3 is 0 Å². The molecule has 0 aliphatic rings. The van der Waals surface area contributed by atoms with Crippen molar-refractivity contribution in [3.05, 3.63) is 47.3 Å². The van der Waals surface area contributed by atoms with Crippen molar-refractivity contribution in [2.75, 3.05) is 0 Å². The summed E-state index contributed by atoms with van der Waals surface area (Å²) in [5.41, 5.74) is 3.31. The number of nitrogens with zero attached hydrogens (tertiary/aromatic N) is 3. The van der Waals surface area contributed by atoms with Crippen molar-refractivity contribution >= 4 is 0 Å². The fourth-order valence-electron chi connectivity index (χ4n) is 1.54. The first-order valence-electron chi connectivity index (χ1n) is 5.02. The lowest BCUT2D eigenvalue weighted by Crippen LogP contribution is -1.95. The number of rotatable bonds is 1. The van der Waals surface area contributed by atoms with Gasteiger partial charge in [0.25, 0.3) is 0 Å². The molecule has 78 valence electrons. The van der Waals surface area contributed by atoms with Crippen LogP contribution in [0.3, 0.4) is 0 Å². The topological polar surface area (TPSA) is 49.6 Å². The van der Waals surface area contributed by atoms with E-state index >= 15 is 0 Å². The Kier molecular flexibility index (Phi) is 2.65. The smallest absolute Gasteiger partial charge is 0.160 e.